The van der Waals surface area contributed by atoms with Crippen LogP contribution in [0.5, 0.6) is 0 Å². The zero-order chi connectivity index (χ0) is 17.9. The summed E-state index contributed by atoms with van der Waals surface area (Å²) in [6.45, 7) is 3.39. The molecule has 0 aromatic heterocycles. The fraction of sp³-hybridized carbons (Fsp3) is 0.286. The maximum absolute atomic E-state index is 12.5. The SMILES string of the molecule is CC1(C)OC(=O)C(Cc2ccccc2)=C(CC(O)c2ccccc2)O1. The highest BCUT2D eigenvalue weighted by molar-refractivity contribution is 5.90. The van der Waals surface area contributed by atoms with E-state index in [1.807, 2.05) is 60.7 Å². The average Bonchev–Trinajstić information content (AvgIpc) is 2.59. The van der Waals surface area contributed by atoms with Gasteiger partial charge in [-0.25, -0.2) is 4.79 Å². The Labute approximate surface area is 147 Å². The molecule has 1 N–H and O–H groups in total. The number of rotatable bonds is 5. The lowest BCUT2D eigenvalue weighted by atomic mass is 9.98. The molecule has 0 fully saturated rings. The first-order chi connectivity index (χ1) is 11.9. The van der Waals surface area contributed by atoms with Gasteiger partial charge in [0.05, 0.1) is 11.7 Å². The number of carbonyl (C=O) groups is 1. The summed E-state index contributed by atoms with van der Waals surface area (Å²) in [5, 5.41) is 10.5. The molecule has 0 saturated carbocycles. The van der Waals surface area contributed by atoms with Gasteiger partial charge in [-0.05, 0) is 11.1 Å². The molecule has 0 radical (unpaired) electrons. The summed E-state index contributed by atoms with van der Waals surface area (Å²) < 4.78 is 11.3. The normalized spacial score (nSPS) is 17.6. The Morgan fingerprint density at radius 1 is 0.960 bits per heavy atom. The molecule has 0 amide bonds. The van der Waals surface area contributed by atoms with Gasteiger partial charge in [0, 0.05) is 26.7 Å². The minimum absolute atomic E-state index is 0.227. The molecule has 4 nitrogen and oxygen atoms in total. The Hall–Kier alpha value is -2.59. The average molecular weight is 338 g/mol. The molecule has 0 bridgehead atoms. The van der Waals surface area contributed by atoms with Gasteiger partial charge in [-0.2, -0.15) is 0 Å². The van der Waals surface area contributed by atoms with Crippen LogP contribution in [0, 0.1) is 0 Å². The highest BCUT2D eigenvalue weighted by Gasteiger charge is 2.36. The molecule has 2 aromatic carbocycles. The Bertz CT molecular complexity index is 763. The molecule has 1 heterocycles. The number of benzene rings is 2. The van der Waals surface area contributed by atoms with Crippen LogP contribution in [0.25, 0.3) is 0 Å². The second-order valence-corrected chi connectivity index (χ2v) is 6.59. The van der Waals surface area contributed by atoms with Crippen molar-refractivity contribution in [3.8, 4) is 0 Å². The number of aliphatic hydroxyl groups excluding tert-OH is 1. The molecule has 1 aliphatic heterocycles. The molecule has 0 aliphatic carbocycles. The van der Waals surface area contributed by atoms with Crippen LogP contribution in [0.3, 0.4) is 0 Å². The Kier molecular flexibility index (Phi) is 4.91. The van der Waals surface area contributed by atoms with E-state index in [1.54, 1.807) is 13.8 Å². The third-order valence-corrected chi connectivity index (χ3v) is 4.08. The van der Waals surface area contributed by atoms with E-state index >= 15 is 0 Å². The van der Waals surface area contributed by atoms with Crippen molar-refractivity contribution in [1.29, 1.82) is 0 Å². The van der Waals surface area contributed by atoms with Gasteiger partial charge >= 0.3 is 5.97 Å². The molecule has 25 heavy (non-hydrogen) atoms. The first-order valence-corrected chi connectivity index (χ1v) is 8.36. The molecule has 0 saturated heterocycles. The number of hydrogen-bond donors (Lipinski definition) is 1. The zero-order valence-corrected chi connectivity index (χ0v) is 14.4. The third-order valence-electron chi connectivity index (χ3n) is 4.08. The molecule has 0 spiro atoms. The first kappa shape index (κ1) is 17.2. The van der Waals surface area contributed by atoms with Crippen molar-refractivity contribution in [2.75, 3.05) is 0 Å². The van der Waals surface area contributed by atoms with Gasteiger partial charge in [0.2, 0.25) is 5.79 Å². The van der Waals surface area contributed by atoms with Crippen molar-refractivity contribution >= 4 is 5.97 Å². The van der Waals surface area contributed by atoms with E-state index in [9.17, 15) is 9.90 Å². The largest absolute Gasteiger partial charge is 0.456 e. The smallest absolute Gasteiger partial charge is 0.341 e. The van der Waals surface area contributed by atoms with Gasteiger partial charge in [-0.15, -0.1) is 0 Å². The van der Waals surface area contributed by atoms with E-state index in [0.717, 1.165) is 11.1 Å². The number of aliphatic hydroxyl groups is 1. The molecular formula is C21H22O4. The Balaban J connectivity index is 1.90. The lowest BCUT2D eigenvalue weighted by Crippen LogP contribution is -2.37. The van der Waals surface area contributed by atoms with Gasteiger partial charge in [0.15, 0.2) is 0 Å². The quantitative estimate of drug-likeness (QED) is 0.840. The number of hydrogen-bond acceptors (Lipinski definition) is 4. The summed E-state index contributed by atoms with van der Waals surface area (Å²) in [6.07, 6.45) is -0.110. The van der Waals surface area contributed by atoms with E-state index in [1.165, 1.54) is 0 Å². The lowest BCUT2D eigenvalue weighted by Gasteiger charge is -2.34. The van der Waals surface area contributed by atoms with Crippen LogP contribution in [0.1, 0.15) is 37.5 Å². The molecule has 2 aromatic rings. The number of carbonyl (C=O) groups excluding carboxylic acids is 1. The summed E-state index contributed by atoms with van der Waals surface area (Å²) >= 11 is 0. The van der Waals surface area contributed by atoms with Crippen LogP contribution >= 0.6 is 0 Å². The van der Waals surface area contributed by atoms with E-state index < -0.39 is 17.9 Å². The highest BCUT2D eigenvalue weighted by Crippen LogP contribution is 2.33. The van der Waals surface area contributed by atoms with Gasteiger partial charge in [0.25, 0.3) is 0 Å². The van der Waals surface area contributed by atoms with E-state index in [-0.39, 0.29) is 6.42 Å². The van der Waals surface area contributed by atoms with E-state index in [2.05, 4.69) is 0 Å². The monoisotopic (exact) mass is 338 g/mol. The first-order valence-electron chi connectivity index (χ1n) is 8.36. The summed E-state index contributed by atoms with van der Waals surface area (Å²) in [5.74, 6) is -0.944. The van der Waals surface area contributed by atoms with Crippen LogP contribution < -0.4 is 0 Å². The molecule has 130 valence electrons. The van der Waals surface area contributed by atoms with Crippen molar-refractivity contribution in [1.82, 2.24) is 0 Å². The van der Waals surface area contributed by atoms with E-state index in [0.29, 0.717) is 17.8 Å². The van der Waals surface area contributed by atoms with Crippen molar-refractivity contribution in [3.63, 3.8) is 0 Å². The highest BCUT2D eigenvalue weighted by atomic mass is 16.7. The fourth-order valence-electron chi connectivity index (χ4n) is 2.88. The molecule has 3 rings (SSSR count). The van der Waals surface area contributed by atoms with Crippen LogP contribution in [-0.2, 0) is 20.7 Å². The summed E-state index contributed by atoms with van der Waals surface area (Å²) in [6, 6.07) is 19.0. The second-order valence-electron chi connectivity index (χ2n) is 6.59. The molecule has 1 aliphatic rings. The maximum Gasteiger partial charge on any atom is 0.341 e. The van der Waals surface area contributed by atoms with Gasteiger partial charge < -0.3 is 14.6 Å². The standard InChI is InChI=1S/C21H22O4/c1-21(2)24-19(14-18(22)16-11-7-4-8-12-16)17(20(23)25-21)13-15-9-5-3-6-10-15/h3-12,18,22H,13-14H2,1-2H3. The molecule has 1 unspecified atom stereocenters. The number of ether oxygens (including phenoxy) is 2. The van der Waals surface area contributed by atoms with Crippen molar-refractivity contribution in [2.45, 2.75) is 38.6 Å². The third kappa shape index (κ3) is 4.28. The van der Waals surface area contributed by atoms with Crippen LogP contribution in [0.2, 0.25) is 0 Å². The van der Waals surface area contributed by atoms with Crippen molar-refractivity contribution in [2.24, 2.45) is 0 Å². The Morgan fingerprint density at radius 2 is 1.56 bits per heavy atom. The summed E-state index contributed by atoms with van der Waals surface area (Å²) in [7, 11) is 0. The van der Waals surface area contributed by atoms with Crippen molar-refractivity contribution in [3.05, 3.63) is 83.1 Å². The summed E-state index contributed by atoms with van der Waals surface area (Å²) in [5.41, 5.74) is 2.24. The molecule has 4 heteroatoms. The predicted molar refractivity (Wildman–Crippen MR) is 94.4 cm³/mol. The zero-order valence-electron chi connectivity index (χ0n) is 14.4. The van der Waals surface area contributed by atoms with Crippen LogP contribution in [0.4, 0.5) is 0 Å². The minimum atomic E-state index is -1.04. The van der Waals surface area contributed by atoms with E-state index in [4.69, 9.17) is 9.47 Å². The Morgan fingerprint density at radius 3 is 2.20 bits per heavy atom. The molecule has 1 atom stereocenters. The summed E-state index contributed by atoms with van der Waals surface area (Å²) in [4.78, 5) is 12.5. The van der Waals surface area contributed by atoms with Crippen LogP contribution in [0.15, 0.2) is 72.0 Å². The lowest BCUT2D eigenvalue weighted by molar-refractivity contribution is -0.209. The van der Waals surface area contributed by atoms with Crippen molar-refractivity contribution < 1.29 is 19.4 Å². The molecular weight excluding hydrogens is 316 g/mol. The minimum Gasteiger partial charge on any atom is -0.456 e. The number of cyclic esters (lactones) is 1. The van der Waals surface area contributed by atoms with Gasteiger partial charge in [-0.3, -0.25) is 0 Å². The topological polar surface area (TPSA) is 55.8 Å². The van der Waals surface area contributed by atoms with Crippen LogP contribution in [-0.4, -0.2) is 16.9 Å². The van der Waals surface area contributed by atoms with Gasteiger partial charge in [-0.1, -0.05) is 60.7 Å². The predicted octanol–water partition coefficient (Wildman–Crippen LogP) is 3.92. The van der Waals surface area contributed by atoms with Gasteiger partial charge in [0.1, 0.15) is 5.76 Å². The number of esters is 1. The maximum atomic E-state index is 12.5. The fourth-order valence-corrected chi connectivity index (χ4v) is 2.88. The second kappa shape index (κ2) is 7.11.